The first-order valence-corrected chi connectivity index (χ1v) is 12.2. The monoisotopic (exact) mass is 511 g/mol. The Balaban J connectivity index is 1.19. The van der Waals surface area contributed by atoms with Crippen molar-refractivity contribution in [1.29, 1.82) is 0 Å². The van der Waals surface area contributed by atoms with Crippen LogP contribution in [0.25, 0.3) is 11.0 Å². The summed E-state index contributed by atoms with van der Waals surface area (Å²) in [7, 11) is 1.85. The van der Waals surface area contributed by atoms with Gasteiger partial charge in [0.15, 0.2) is 11.3 Å². The van der Waals surface area contributed by atoms with Crippen LogP contribution in [0, 0.1) is 12.1 Å². The lowest BCUT2D eigenvalue weighted by atomic mass is 10.1. The number of hydrogen-bond acceptors (Lipinski definition) is 9. The Bertz CT molecular complexity index is 1350. The van der Waals surface area contributed by atoms with E-state index < -0.39 is 5.66 Å². The minimum atomic E-state index is -0.494. The van der Waals surface area contributed by atoms with E-state index in [4.69, 9.17) is 22.1 Å². The Hall–Kier alpha value is -3.49. The van der Waals surface area contributed by atoms with Gasteiger partial charge in [-0.05, 0) is 30.5 Å². The van der Waals surface area contributed by atoms with Gasteiger partial charge in [-0.2, -0.15) is 25.3 Å². The third-order valence-electron chi connectivity index (χ3n) is 6.40. The number of ether oxygens (including phenoxy) is 1. The Morgan fingerprint density at radius 2 is 2.06 bits per heavy atom. The molecule has 0 bridgehead atoms. The quantitative estimate of drug-likeness (QED) is 0.311. The van der Waals surface area contributed by atoms with E-state index in [0.29, 0.717) is 61.5 Å². The van der Waals surface area contributed by atoms with Crippen LogP contribution in [-0.2, 0) is 13.6 Å². The van der Waals surface area contributed by atoms with Crippen molar-refractivity contribution in [1.82, 2.24) is 19.7 Å². The van der Waals surface area contributed by atoms with Gasteiger partial charge in [-0.1, -0.05) is 23.6 Å². The summed E-state index contributed by atoms with van der Waals surface area (Å²) >= 11 is 6.47. The maximum Gasteiger partial charge on any atom is 0.226 e. The molecule has 0 atom stereocenters. The molecule has 0 spiro atoms. The van der Waals surface area contributed by atoms with Crippen LogP contribution >= 0.6 is 11.6 Å². The van der Waals surface area contributed by atoms with Gasteiger partial charge >= 0.3 is 0 Å². The molecule has 1 fully saturated rings. The van der Waals surface area contributed by atoms with E-state index in [0.717, 1.165) is 29.4 Å². The normalized spacial score (nSPS) is 16.3. The molecule has 188 valence electrons. The molecule has 3 heterocycles. The van der Waals surface area contributed by atoms with E-state index in [9.17, 15) is 4.39 Å². The Morgan fingerprint density at radius 3 is 2.78 bits per heavy atom. The molecule has 2 aliphatic rings. The predicted molar refractivity (Wildman–Crippen MR) is 136 cm³/mol. The van der Waals surface area contributed by atoms with Crippen molar-refractivity contribution in [2.24, 2.45) is 23.0 Å². The second kappa shape index (κ2) is 9.87. The maximum atomic E-state index is 12.0. The van der Waals surface area contributed by atoms with E-state index >= 15 is 0 Å². The van der Waals surface area contributed by atoms with Crippen LogP contribution < -0.4 is 21.1 Å². The second-order valence-corrected chi connectivity index (χ2v) is 9.69. The smallest absolute Gasteiger partial charge is 0.226 e. The summed E-state index contributed by atoms with van der Waals surface area (Å²) in [5.41, 5.74) is 7.23. The van der Waals surface area contributed by atoms with Gasteiger partial charge in [-0.3, -0.25) is 4.68 Å². The number of rotatable bonds is 12. The fourth-order valence-electron chi connectivity index (χ4n) is 3.82. The van der Waals surface area contributed by atoms with Crippen LogP contribution in [0.15, 0.2) is 34.6 Å². The zero-order valence-corrected chi connectivity index (χ0v) is 20.6. The van der Waals surface area contributed by atoms with Crippen LogP contribution in [-0.4, -0.2) is 44.1 Å². The number of hydrogen-bond donors (Lipinski definition) is 3. The van der Waals surface area contributed by atoms with E-state index in [-0.39, 0.29) is 5.54 Å². The lowest BCUT2D eigenvalue weighted by molar-refractivity contribution is 0.284. The molecular formula is C24H27ClFN9O. The molecule has 0 unspecified atom stereocenters. The number of anilines is 2. The first kappa shape index (κ1) is 24.2. The highest BCUT2D eigenvalue weighted by atomic mass is 35.5. The number of fused-ring (bicyclic) bond motifs is 1. The van der Waals surface area contributed by atoms with E-state index in [2.05, 4.69) is 41.8 Å². The Labute approximate surface area is 212 Å². The van der Waals surface area contributed by atoms with Crippen molar-refractivity contribution in [3.63, 3.8) is 0 Å². The standard InChI is InChI=1S/C24H27ClFN9O/c1-35-21-17(14-30-35)20(31-22(32-21)29-15-23(27)7-8-23)28-13-16-4-5-19(18(25)12-16)36-11-9-24(33-34-24)6-2-3-10-26/h4-5,12,14H,2,6-9,11,13,15,27H2,1H3,(H2,28,29,31,32). The van der Waals surface area contributed by atoms with E-state index in [1.54, 1.807) is 10.9 Å². The van der Waals surface area contributed by atoms with Gasteiger partial charge in [0, 0.05) is 44.9 Å². The molecule has 36 heavy (non-hydrogen) atoms. The van der Waals surface area contributed by atoms with Gasteiger partial charge in [-0.25, -0.2) is 0 Å². The number of nitrogens with zero attached hydrogens (tertiary/aromatic N) is 6. The fraction of sp³-hybridized carbons (Fsp3) is 0.458. The van der Waals surface area contributed by atoms with Crippen molar-refractivity contribution in [3.05, 3.63) is 35.0 Å². The van der Waals surface area contributed by atoms with Crippen molar-refractivity contribution in [2.45, 2.75) is 49.9 Å². The molecule has 1 aliphatic heterocycles. The molecule has 0 radical (unpaired) electrons. The summed E-state index contributed by atoms with van der Waals surface area (Å²) in [6, 6.07) is 5.64. The number of nitrogens with two attached hydrogens (primary N) is 1. The molecule has 4 N–H and O–H groups in total. The highest BCUT2D eigenvalue weighted by Crippen LogP contribution is 2.37. The minimum Gasteiger partial charge on any atom is -0.492 e. The van der Waals surface area contributed by atoms with Crippen LogP contribution in [0.3, 0.4) is 0 Å². The lowest BCUT2D eigenvalue weighted by Crippen LogP contribution is -2.31. The maximum absolute atomic E-state index is 12.0. The number of benzene rings is 1. The predicted octanol–water partition coefficient (Wildman–Crippen LogP) is 4.17. The van der Waals surface area contributed by atoms with Gasteiger partial charge in [-0.15, -0.1) is 4.39 Å². The summed E-state index contributed by atoms with van der Waals surface area (Å²) in [6.45, 7) is 1.52. The summed E-state index contributed by atoms with van der Waals surface area (Å²) in [5.74, 6) is 4.16. The average Bonchev–Trinajstić information content (AvgIpc) is 3.77. The van der Waals surface area contributed by atoms with E-state index in [1.807, 2.05) is 25.2 Å². The molecule has 12 heteroatoms. The van der Waals surface area contributed by atoms with Gasteiger partial charge in [0.25, 0.3) is 0 Å². The summed E-state index contributed by atoms with van der Waals surface area (Å²) in [6.07, 6.45) is 6.74. The summed E-state index contributed by atoms with van der Waals surface area (Å²) < 4.78 is 19.5. The average molecular weight is 512 g/mol. The van der Waals surface area contributed by atoms with Crippen LogP contribution in [0.1, 0.15) is 37.7 Å². The third-order valence-corrected chi connectivity index (χ3v) is 6.69. The number of halogens is 2. The first-order valence-electron chi connectivity index (χ1n) is 11.8. The molecule has 1 saturated carbocycles. The molecular weight excluding hydrogens is 485 g/mol. The minimum absolute atomic E-state index is 0.161. The number of aryl methyl sites for hydroxylation is 1. The fourth-order valence-corrected chi connectivity index (χ4v) is 4.07. The Morgan fingerprint density at radius 1 is 1.22 bits per heavy atom. The summed E-state index contributed by atoms with van der Waals surface area (Å²) in [4.78, 5) is 9.24. The highest BCUT2D eigenvalue weighted by Gasteiger charge is 2.39. The molecule has 2 aromatic heterocycles. The van der Waals surface area contributed by atoms with Crippen molar-refractivity contribution in [3.8, 4) is 17.8 Å². The lowest BCUT2D eigenvalue weighted by Gasteiger charge is -2.14. The zero-order valence-electron chi connectivity index (χ0n) is 19.9. The van der Waals surface area contributed by atoms with Gasteiger partial charge in [0.1, 0.15) is 17.7 Å². The van der Waals surface area contributed by atoms with Crippen molar-refractivity contribution >= 4 is 34.4 Å². The molecule has 0 amide bonds. The highest BCUT2D eigenvalue weighted by molar-refractivity contribution is 6.32. The van der Waals surface area contributed by atoms with E-state index in [1.165, 1.54) is 6.17 Å². The van der Waals surface area contributed by atoms with Crippen LogP contribution in [0.2, 0.25) is 5.02 Å². The molecule has 3 aromatic rings. The SMILES string of the molecule is Cn1ncc2c(NCc3ccc(OCCC4(CCC#CF)N=N4)c(Cl)c3)nc(NCC3(N)CC3)nc21. The topological polar surface area (TPSA) is 128 Å². The summed E-state index contributed by atoms with van der Waals surface area (Å²) in [5, 5.41) is 20.4. The molecule has 1 aliphatic carbocycles. The first-order chi connectivity index (χ1) is 17.4. The Kier molecular flexibility index (Phi) is 6.64. The number of nitrogens with one attached hydrogen (secondary N) is 2. The van der Waals surface area contributed by atoms with Gasteiger partial charge in [0.2, 0.25) is 5.95 Å². The van der Waals surface area contributed by atoms with Crippen molar-refractivity contribution < 1.29 is 9.13 Å². The van der Waals surface area contributed by atoms with Gasteiger partial charge < -0.3 is 21.1 Å². The van der Waals surface area contributed by atoms with Crippen LogP contribution in [0.5, 0.6) is 5.75 Å². The van der Waals surface area contributed by atoms with Crippen LogP contribution in [0.4, 0.5) is 16.2 Å². The number of aromatic nitrogens is 4. The molecule has 1 aromatic carbocycles. The zero-order chi connectivity index (χ0) is 25.2. The molecule has 5 rings (SSSR count). The second-order valence-electron chi connectivity index (χ2n) is 9.29. The molecule has 10 nitrogen and oxygen atoms in total. The largest absolute Gasteiger partial charge is 0.492 e. The molecule has 0 saturated heterocycles. The van der Waals surface area contributed by atoms with Crippen molar-refractivity contribution in [2.75, 3.05) is 23.8 Å². The third kappa shape index (κ3) is 5.66. The van der Waals surface area contributed by atoms with Gasteiger partial charge in [0.05, 0.1) is 23.2 Å².